The fourth-order valence-electron chi connectivity index (χ4n) is 4.67. The van der Waals surface area contributed by atoms with Gasteiger partial charge in [-0.15, -0.1) is 0 Å². The summed E-state index contributed by atoms with van der Waals surface area (Å²) in [6, 6.07) is -3.47. The quantitative estimate of drug-likeness (QED) is 0.165. The van der Waals surface area contributed by atoms with Crippen molar-refractivity contribution in [2.45, 2.75) is 97.8 Å². The van der Waals surface area contributed by atoms with E-state index >= 15 is 0 Å². The molecule has 14 heteroatoms. The molecule has 1 aromatic heterocycles. The van der Waals surface area contributed by atoms with Crippen LogP contribution in [0.5, 0.6) is 0 Å². The number of aromatic nitrogens is 2. The minimum absolute atomic E-state index is 0.106. The normalized spacial score (nSPS) is 17.3. The Morgan fingerprint density at radius 1 is 1.10 bits per heavy atom. The molecular formula is C28H47N7O7. The van der Waals surface area contributed by atoms with Crippen LogP contribution in [-0.4, -0.2) is 86.7 Å². The maximum absolute atomic E-state index is 13.5. The predicted octanol–water partition coefficient (Wildman–Crippen LogP) is 0.332. The first kappa shape index (κ1) is 36.1. The first-order valence-corrected chi connectivity index (χ1v) is 14.3. The van der Waals surface area contributed by atoms with Gasteiger partial charge in [0.25, 0.3) is 6.47 Å². The van der Waals surface area contributed by atoms with Gasteiger partial charge in [-0.1, -0.05) is 48.0 Å². The highest BCUT2D eigenvalue weighted by Gasteiger charge is 2.39. The molecule has 1 aliphatic rings. The van der Waals surface area contributed by atoms with Gasteiger partial charge in [0.1, 0.15) is 24.2 Å². The average Bonchev–Trinajstić information content (AvgIpc) is 3.61. The molecule has 2 rings (SSSR count). The van der Waals surface area contributed by atoms with E-state index in [9.17, 15) is 24.0 Å². The minimum Gasteiger partial charge on any atom is -0.483 e. The van der Waals surface area contributed by atoms with Gasteiger partial charge in [-0.2, -0.15) is 0 Å². The fraction of sp³-hybridized carbons (Fsp3) is 0.679. The number of carbonyl (C=O) groups is 6. The van der Waals surface area contributed by atoms with Crippen LogP contribution in [-0.2, 0) is 35.2 Å². The van der Waals surface area contributed by atoms with Crippen LogP contribution in [0.4, 0.5) is 0 Å². The Morgan fingerprint density at radius 2 is 1.71 bits per heavy atom. The van der Waals surface area contributed by atoms with Crippen molar-refractivity contribution in [2.75, 3.05) is 6.54 Å². The standard InChI is InChI=1S/C27H45N7O5.CH2O2/c1-7-17(6)23(26(38)32-22(16(4)5)27(39)34-10-8-9-20(34)24(28)36)33-25(37)19(12-18-13-29-14-30-18)31-21(35)11-15(2)3;2-1-3/h13-17,19-20,22-23H,7-12H2,1-6H3,(H2,28,36)(H,29,30)(H,31,35)(H,32,38)(H,33,37);1H,(H,2,3)/t17-,19+,20-,22-,23-;/m0./s1. The second-order valence-electron chi connectivity index (χ2n) is 11.3. The molecule has 7 N–H and O–H groups in total. The summed E-state index contributed by atoms with van der Waals surface area (Å²) in [5, 5.41) is 15.3. The van der Waals surface area contributed by atoms with Gasteiger partial charge < -0.3 is 36.7 Å². The second-order valence-corrected chi connectivity index (χ2v) is 11.3. The molecule has 0 saturated carbocycles. The highest BCUT2D eigenvalue weighted by atomic mass is 16.3. The molecule has 0 radical (unpaired) electrons. The Kier molecular flexibility index (Phi) is 15.2. The van der Waals surface area contributed by atoms with E-state index in [-0.39, 0.29) is 48.9 Å². The van der Waals surface area contributed by atoms with E-state index in [4.69, 9.17) is 15.6 Å². The zero-order valence-corrected chi connectivity index (χ0v) is 25.4. The van der Waals surface area contributed by atoms with Crippen molar-refractivity contribution in [3.8, 4) is 0 Å². The van der Waals surface area contributed by atoms with Crippen LogP contribution >= 0.6 is 0 Å². The summed E-state index contributed by atoms with van der Waals surface area (Å²) in [6.07, 6.45) is 5.21. The van der Waals surface area contributed by atoms with Gasteiger partial charge >= 0.3 is 0 Å². The third-order valence-corrected chi connectivity index (χ3v) is 7.11. The molecule has 1 fully saturated rings. The number of nitrogens with zero attached hydrogens (tertiary/aromatic N) is 2. The molecule has 0 aliphatic carbocycles. The molecular weight excluding hydrogens is 546 g/mol. The van der Waals surface area contributed by atoms with E-state index in [1.807, 2.05) is 27.7 Å². The van der Waals surface area contributed by atoms with Crippen LogP contribution in [0.3, 0.4) is 0 Å². The van der Waals surface area contributed by atoms with Gasteiger partial charge in [-0.25, -0.2) is 4.98 Å². The van der Waals surface area contributed by atoms with Gasteiger partial charge in [0.05, 0.1) is 6.33 Å². The average molecular weight is 594 g/mol. The Morgan fingerprint density at radius 3 is 2.21 bits per heavy atom. The lowest BCUT2D eigenvalue weighted by atomic mass is 9.95. The summed E-state index contributed by atoms with van der Waals surface area (Å²) in [5.74, 6) is -2.65. The number of amides is 5. The number of imidazole rings is 1. The lowest BCUT2D eigenvalue weighted by molar-refractivity contribution is -0.142. The minimum atomic E-state index is -0.951. The van der Waals surface area contributed by atoms with Crippen molar-refractivity contribution in [3.63, 3.8) is 0 Å². The molecule has 0 aromatic carbocycles. The molecule has 5 atom stereocenters. The molecule has 236 valence electrons. The van der Waals surface area contributed by atoms with Crippen LogP contribution in [0, 0.1) is 17.8 Å². The molecule has 2 heterocycles. The Bertz CT molecular complexity index is 1050. The van der Waals surface area contributed by atoms with E-state index in [0.717, 1.165) is 0 Å². The van der Waals surface area contributed by atoms with E-state index < -0.39 is 41.9 Å². The number of primary amides is 1. The van der Waals surface area contributed by atoms with Crippen molar-refractivity contribution in [3.05, 3.63) is 18.2 Å². The number of hydrogen-bond acceptors (Lipinski definition) is 7. The number of H-pyrrole nitrogens is 1. The van der Waals surface area contributed by atoms with Crippen LogP contribution in [0.1, 0.15) is 72.9 Å². The molecule has 1 aliphatic heterocycles. The summed E-state index contributed by atoms with van der Waals surface area (Å²) in [7, 11) is 0. The molecule has 0 bridgehead atoms. The monoisotopic (exact) mass is 593 g/mol. The summed E-state index contributed by atoms with van der Waals surface area (Å²) in [6.45, 7) is 11.3. The number of likely N-dealkylation sites (tertiary alicyclic amines) is 1. The third-order valence-electron chi connectivity index (χ3n) is 7.11. The van der Waals surface area contributed by atoms with Gasteiger partial charge in [0, 0.05) is 31.3 Å². The maximum Gasteiger partial charge on any atom is 0.290 e. The SMILES string of the molecule is CC[C@H](C)[C@H](NC(=O)[C@@H](Cc1cnc[nH]1)NC(=O)CC(C)C)C(=O)N[C@H](C(=O)N1CCC[C@H]1C(N)=O)C(C)C.O=CO. The summed E-state index contributed by atoms with van der Waals surface area (Å²) in [5.41, 5.74) is 6.16. The third kappa shape index (κ3) is 11.1. The van der Waals surface area contributed by atoms with E-state index in [1.165, 1.54) is 11.2 Å². The lowest BCUT2D eigenvalue weighted by Crippen LogP contribution is -2.60. The number of hydrogen-bond donors (Lipinski definition) is 6. The smallest absolute Gasteiger partial charge is 0.290 e. The summed E-state index contributed by atoms with van der Waals surface area (Å²) < 4.78 is 0. The Balaban J connectivity index is 0.00000281. The molecule has 0 spiro atoms. The van der Waals surface area contributed by atoms with Gasteiger partial charge in [-0.05, 0) is 30.6 Å². The number of carboxylic acid groups (broad SMARTS) is 1. The topological polar surface area (TPSA) is 217 Å². The van der Waals surface area contributed by atoms with Gasteiger partial charge in [0.15, 0.2) is 0 Å². The number of aromatic amines is 1. The molecule has 14 nitrogen and oxygen atoms in total. The second kappa shape index (κ2) is 17.8. The van der Waals surface area contributed by atoms with Crippen molar-refractivity contribution in [1.82, 2.24) is 30.8 Å². The lowest BCUT2D eigenvalue weighted by Gasteiger charge is -2.32. The van der Waals surface area contributed by atoms with E-state index in [2.05, 4.69) is 25.9 Å². The van der Waals surface area contributed by atoms with Gasteiger partial charge in [-0.3, -0.25) is 28.8 Å². The Labute approximate surface area is 246 Å². The number of nitrogens with one attached hydrogen (secondary N) is 4. The van der Waals surface area contributed by atoms with Crippen LogP contribution in [0.15, 0.2) is 12.5 Å². The summed E-state index contributed by atoms with van der Waals surface area (Å²) in [4.78, 5) is 81.5. The Hall–Kier alpha value is -3.97. The highest BCUT2D eigenvalue weighted by Crippen LogP contribution is 2.20. The predicted molar refractivity (Wildman–Crippen MR) is 154 cm³/mol. The van der Waals surface area contributed by atoms with Crippen molar-refractivity contribution in [1.29, 1.82) is 0 Å². The summed E-state index contributed by atoms with van der Waals surface area (Å²) >= 11 is 0. The maximum atomic E-state index is 13.5. The van der Waals surface area contributed by atoms with Gasteiger partial charge in [0.2, 0.25) is 29.5 Å². The number of nitrogens with two attached hydrogens (primary N) is 1. The fourth-order valence-corrected chi connectivity index (χ4v) is 4.67. The van der Waals surface area contributed by atoms with Crippen LogP contribution < -0.4 is 21.7 Å². The van der Waals surface area contributed by atoms with Crippen molar-refractivity contribution in [2.24, 2.45) is 23.5 Å². The first-order chi connectivity index (χ1) is 19.8. The van der Waals surface area contributed by atoms with Crippen molar-refractivity contribution < 1.29 is 33.9 Å². The molecule has 5 amide bonds. The molecule has 1 saturated heterocycles. The number of rotatable bonds is 14. The highest BCUT2D eigenvalue weighted by molar-refractivity contribution is 5.95. The van der Waals surface area contributed by atoms with Crippen molar-refractivity contribution >= 4 is 36.0 Å². The first-order valence-electron chi connectivity index (χ1n) is 14.3. The molecule has 1 aromatic rings. The zero-order chi connectivity index (χ0) is 32.0. The largest absolute Gasteiger partial charge is 0.483 e. The van der Waals surface area contributed by atoms with E-state index in [1.54, 1.807) is 20.0 Å². The zero-order valence-electron chi connectivity index (χ0n) is 25.4. The number of carbonyl (C=O) groups excluding carboxylic acids is 5. The van der Waals surface area contributed by atoms with Crippen LogP contribution in [0.25, 0.3) is 0 Å². The van der Waals surface area contributed by atoms with Crippen LogP contribution in [0.2, 0.25) is 0 Å². The van der Waals surface area contributed by atoms with E-state index in [0.29, 0.717) is 31.5 Å². The molecule has 42 heavy (non-hydrogen) atoms. The molecule has 0 unspecified atom stereocenters.